The number of carbonyl (C=O) groups is 2. The number of carbonyl (C=O) groups excluding carboxylic acids is 2. The van der Waals surface area contributed by atoms with Gasteiger partial charge in [0.25, 0.3) is 5.91 Å². The number of halogens is 2. The Bertz CT molecular complexity index is 1060. The van der Waals surface area contributed by atoms with Crippen LogP contribution >= 0.6 is 0 Å². The Kier molecular flexibility index (Phi) is 7.41. The number of esters is 1. The second kappa shape index (κ2) is 10.0. The monoisotopic (exact) mass is 468 g/mol. The quantitative estimate of drug-likeness (QED) is 0.627. The van der Waals surface area contributed by atoms with E-state index in [4.69, 9.17) is 9.47 Å². The molecule has 1 amide bonds. The number of methoxy groups -OCH3 is 1. The van der Waals surface area contributed by atoms with E-state index in [0.29, 0.717) is 11.8 Å². The minimum atomic E-state index is -3.70. The van der Waals surface area contributed by atoms with Gasteiger partial charge in [-0.05, 0) is 49.2 Å². The van der Waals surface area contributed by atoms with Crippen LogP contribution in [0.25, 0.3) is 0 Å². The molecule has 0 bridgehead atoms. The van der Waals surface area contributed by atoms with Gasteiger partial charge in [-0.2, -0.15) is 4.31 Å². The first kappa shape index (κ1) is 23.6. The Hall–Kier alpha value is -3.05. The summed E-state index contributed by atoms with van der Waals surface area (Å²) in [7, 11) is -2.22. The third-order valence-electron chi connectivity index (χ3n) is 4.98. The van der Waals surface area contributed by atoms with Gasteiger partial charge >= 0.3 is 5.97 Å². The summed E-state index contributed by atoms with van der Waals surface area (Å²) >= 11 is 0. The van der Waals surface area contributed by atoms with Crippen molar-refractivity contribution in [3.63, 3.8) is 0 Å². The summed E-state index contributed by atoms with van der Waals surface area (Å²) in [4.78, 5) is 24.3. The number of hydrogen-bond acceptors (Lipinski definition) is 6. The van der Waals surface area contributed by atoms with E-state index in [1.807, 2.05) is 0 Å². The lowest BCUT2D eigenvalue weighted by Crippen LogP contribution is -2.40. The van der Waals surface area contributed by atoms with Gasteiger partial charge in [-0.3, -0.25) is 9.59 Å². The van der Waals surface area contributed by atoms with Crippen LogP contribution in [0.3, 0.4) is 0 Å². The summed E-state index contributed by atoms with van der Waals surface area (Å²) in [6.45, 7) is -0.368. The number of nitrogens with zero attached hydrogens (tertiary/aromatic N) is 1. The van der Waals surface area contributed by atoms with E-state index in [-0.39, 0.29) is 36.5 Å². The predicted octanol–water partition coefficient (Wildman–Crippen LogP) is 2.56. The van der Waals surface area contributed by atoms with Gasteiger partial charge in [0.15, 0.2) is 6.61 Å². The first-order valence-electron chi connectivity index (χ1n) is 9.76. The number of anilines is 1. The molecule has 0 aromatic heterocycles. The van der Waals surface area contributed by atoms with Crippen molar-refractivity contribution in [3.8, 4) is 5.75 Å². The normalized spacial score (nSPS) is 15.2. The molecule has 0 atom stereocenters. The Morgan fingerprint density at radius 1 is 1.06 bits per heavy atom. The molecule has 32 heavy (non-hydrogen) atoms. The molecule has 1 N–H and O–H groups in total. The lowest BCUT2D eigenvalue weighted by Gasteiger charge is -2.30. The highest BCUT2D eigenvalue weighted by Gasteiger charge is 2.33. The molecule has 0 spiro atoms. The summed E-state index contributed by atoms with van der Waals surface area (Å²) in [5.74, 6) is -3.11. The molecule has 0 unspecified atom stereocenters. The first-order chi connectivity index (χ1) is 15.2. The Balaban J connectivity index is 1.49. The van der Waals surface area contributed by atoms with Crippen molar-refractivity contribution in [2.45, 2.75) is 17.7 Å². The third kappa shape index (κ3) is 5.80. The first-order valence-corrected chi connectivity index (χ1v) is 11.2. The van der Waals surface area contributed by atoms with Crippen molar-refractivity contribution >= 4 is 27.6 Å². The maximum atomic E-state index is 13.2. The van der Waals surface area contributed by atoms with Crippen molar-refractivity contribution in [2.75, 3.05) is 32.1 Å². The molecule has 8 nitrogen and oxygen atoms in total. The third-order valence-corrected chi connectivity index (χ3v) is 6.89. The molecular weight excluding hydrogens is 446 g/mol. The van der Waals surface area contributed by atoms with Crippen LogP contribution in [-0.4, -0.2) is 51.4 Å². The molecule has 1 aliphatic rings. The summed E-state index contributed by atoms with van der Waals surface area (Å²) in [5, 5.41) is 2.24. The maximum Gasteiger partial charge on any atom is 0.309 e. The van der Waals surface area contributed by atoms with Crippen molar-refractivity contribution < 1.29 is 36.3 Å². The molecule has 2 aromatic carbocycles. The van der Waals surface area contributed by atoms with E-state index in [9.17, 15) is 26.8 Å². The molecule has 0 radical (unpaired) electrons. The predicted molar refractivity (Wildman–Crippen MR) is 110 cm³/mol. The van der Waals surface area contributed by atoms with Crippen LogP contribution in [0, 0.1) is 17.6 Å². The fourth-order valence-corrected chi connectivity index (χ4v) is 4.78. The van der Waals surface area contributed by atoms with Gasteiger partial charge < -0.3 is 14.8 Å². The zero-order chi connectivity index (χ0) is 23.3. The van der Waals surface area contributed by atoms with Gasteiger partial charge in [-0.25, -0.2) is 17.2 Å². The number of sulfonamides is 1. The molecule has 1 heterocycles. The summed E-state index contributed by atoms with van der Waals surface area (Å²) < 4.78 is 63.2. The Morgan fingerprint density at radius 2 is 1.66 bits per heavy atom. The summed E-state index contributed by atoms with van der Waals surface area (Å²) in [6.07, 6.45) is 0.482. The van der Waals surface area contributed by atoms with E-state index in [1.54, 1.807) is 12.1 Å². The minimum absolute atomic E-state index is 0.0967. The highest BCUT2D eigenvalue weighted by Crippen LogP contribution is 2.25. The highest BCUT2D eigenvalue weighted by atomic mass is 32.2. The van der Waals surface area contributed by atoms with E-state index in [2.05, 4.69) is 5.32 Å². The van der Waals surface area contributed by atoms with Crippen LogP contribution in [0.5, 0.6) is 5.75 Å². The summed E-state index contributed by atoms with van der Waals surface area (Å²) in [6, 6.07) is 8.55. The van der Waals surface area contributed by atoms with E-state index >= 15 is 0 Å². The number of amides is 1. The molecule has 11 heteroatoms. The van der Waals surface area contributed by atoms with E-state index < -0.39 is 46.1 Å². The number of benzene rings is 2. The average molecular weight is 468 g/mol. The fourth-order valence-electron chi connectivity index (χ4n) is 3.31. The standard InChI is InChI=1S/C21H22F2N2O6S/c1-30-18-2-4-19(5-3-18)32(28,29)25-8-6-14(7-9-25)21(27)31-13-20(26)24-17-11-15(22)10-16(23)12-17/h2-5,10-12,14H,6-9,13H2,1H3,(H,24,26). The van der Waals surface area contributed by atoms with Gasteiger partial charge in [0.2, 0.25) is 10.0 Å². The van der Waals surface area contributed by atoms with Crippen molar-refractivity contribution in [1.82, 2.24) is 4.31 Å². The number of ether oxygens (including phenoxy) is 2. The smallest absolute Gasteiger partial charge is 0.309 e. The molecule has 1 saturated heterocycles. The van der Waals surface area contributed by atoms with Crippen LogP contribution in [0.15, 0.2) is 47.4 Å². The molecule has 1 aliphatic heterocycles. The van der Waals surface area contributed by atoms with Crippen molar-refractivity contribution in [3.05, 3.63) is 54.1 Å². The second-order valence-electron chi connectivity index (χ2n) is 7.17. The number of hydrogen-bond donors (Lipinski definition) is 1. The zero-order valence-electron chi connectivity index (χ0n) is 17.2. The number of piperidine rings is 1. The average Bonchev–Trinajstić information content (AvgIpc) is 2.77. The maximum absolute atomic E-state index is 13.2. The topological polar surface area (TPSA) is 102 Å². The zero-order valence-corrected chi connectivity index (χ0v) is 18.0. The highest BCUT2D eigenvalue weighted by molar-refractivity contribution is 7.89. The molecule has 1 fully saturated rings. The fraction of sp³-hybridized carbons (Fsp3) is 0.333. The van der Waals surface area contributed by atoms with Crippen LogP contribution in [0.2, 0.25) is 0 Å². The molecule has 0 saturated carbocycles. The van der Waals surface area contributed by atoms with Gasteiger partial charge in [0, 0.05) is 24.8 Å². The van der Waals surface area contributed by atoms with E-state index in [1.165, 1.54) is 23.5 Å². The molecular formula is C21H22F2N2O6S. The van der Waals surface area contributed by atoms with Crippen LogP contribution in [0.4, 0.5) is 14.5 Å². The van der Waals surface area contributed by atoms with Crippen molar-refractivity contribution in [1.29, 1.82) is 0 Å². The number of nitrogens with one attached hydrogen (secondary N) is 1. The van der Waals surface area contributed by atoms with Crippen LogP contribution in [-0.2, 0) is 24.3 Å². The summed E-state index contributed by atoms with van der Waals surface area (Å²) in [5.41, 5.74) is -0.0967. The lowest BCUT2D eigenvalue weighted by molar-refractivity contribution is -0.152. The Labute approximate surface area is 184 Å². The van der Waals surface area contributed by atoms with E-state index in [0.717, 1.165) is 12.1 Å². The lowest BCUT2D eigenvalue weighted by atomic mass is 9.98. The van der Waals surface area contributed by atoms with Gasteiger partial charge in [0.1, 0.15) is 17.4 Å². The van der Waals surface area contributed by atoms with Crippen LogP contribution in [0.1, 0.15) is 12.8 Å². The van der Waals surface area contributed by atoms with Crippen LogP contribution < -0.4 is 10.1 Å². The van der Waals surface area contributed by atoms with Crippen molar-refractivity contribution in [2.24, 2.45) is 5.92 Å². The van der Waals surface area contributed by atoms with Gasteiger partial charge in [0.05, 0.1) is 17.9 Å². The SMILES string of the molecule is COc1ccc(S(=O)(=O)N2CCC(C(=O)OCC(=O)Nc3cc(F)cc(F)c3)CC2)cc1. The Morgan fingerprint density at radius 3 is 2.22 bits per heavy atom. The molecule has 3 rings (SSSR count). The number of rotatable bonds is 7. The molecule has 0 aliphatic carbocycles. The minimum Gasteiger partial charge on any atom is -0.497 e. The van der Waals surface area contributed by atoms with Gasteiger partial charge in [-0.1, -0.05) is 0 Å². The van der Waals surface area contributed by atoms with Gasteiger partial charge in [-0.15, -0.1) is 0 Å². The second-order valence-corrected chi connectivity index (χ2v) is 9.11. The molecule has 172 valence electrons. The molecule has 2 aromatic rings. The largest absolute Gasteiger partial charge is 0.497 e.